The van der Waals surface area contributed by atoms with Crippen LogP contribution in [0, 0.1) is 5.41 Å². The maximum absolute atomic E-state index is 13.1. The van der Waals surface area contributed by atoms with Gasteiger partial charge in [-0.1, -0.05) is 36.4 Å². The van der Waals surface area contributed by atoms with E-state index in [-0.39, 0.29) is 12.5 Å². The maximum Gasteiger partial charge on any atom is 0.346 e. The van der Waals surface area contributed by atoms with E-state index in [1.165, 1.54) is 0 Å². The number of anilines is 1. The summed E-state index contributed by atoms with van der Waals surface area (Å²) in [7, 11) is 0. The Balaban J connectivity index is 1.64. The van der Waals surface area contributed by atoms with Gasteiger partial charge in [0.2, 0.25) is 5.91 Å². The molecule has 2 aromatic carbocycles. The second-order valence-corrected chi connectivity index (χ2v) is 7.59. The van der Waals surface area contributed by atoms with E-state index in [4.69, 9.17) is 0 Å². The number of hydrogen-bond donors (Lipinski definition) is 2. The zero-order valence-electron chi connectivity index (χ0n) is 15.2. The van der Waals surface area contributed by atoms with Crippen LogP contribution in [-0.2, 0) is 11.2 Å². The molecule has 0 saturated carbocycles. The Hall–Kier alpha value is -3.19. The van der Waals surface area contributed by atoms with E-state index in [0.717, 1.165) is 34.9 Å². The molecule has 3 amide bonds. The molecular formula is C21H20N4O3. The Morgan fingerprint density at radius 3 is 2.64 bits per heavy atom. The number of amides is 3. The van der Waals surface area contributed by atoms with Gasteiger partial charge in [-0.05, 0) is 24.1 Å². The number of hydrogen-bond acceptors (Lipinski definition) is 4. The summed E-state index contributed by atoms with van der Waals surface area (Å²) in [6, 6.07) is 16.7. The van der Waals surface area contributed by atoms with Crippen molar-refractivity contribution in [3.8, 4) is 0 Å². The number of rotatable bonds is 1. The highest BCUT2D eigenvalue weighted by atomic mass is 16.3. The van der Waals surface area contributed by atoms with Crippen molar-refractivity contribution in [2.24, 2.45) is 10.4 Å². The first-order valence-corrected chi connectivity index (χ1v) is 9.45. The molecule has 2 aromatic rings. The van der Waals surface area contributed by atoms with Gasteiger partial charge < -0.3 is 10.0 Å². The molecule has 28 heavy (non-hydrogen) atoms. The number of aliphatic imine (C=N–C) groups is 1. The van der Waals surface area contributed by atoms with E-state index in [0.29, 0.717) is 6.54 Å². The number of urea groups is 1. The van der Waals surface area contributed by atoms with Crippen molar-refractivity contribution in [1.82, 2.24) is 5.32 Å². The van der Waals surface area contributed by atoms with Gasteiger partial charge in [0.15, 0.2) is 0 Å². The van der Waals surface area contributed by atoms with E-state index in [2.05, 4.69) is 21.3 Å². The van der Waals surface area contributed by atoms with Gasteiger partial charge in [-0.25, -0.2) is 9.79 Å². The van der Waals surface area contributed by atoms with Crippen LogP contribution in [0.4, 0.5) is 16.2 Å². The minimum atomic E-state index is -1.36. The molecule has 2 N–H and O–H groups in total. The van der Waals surface area contributed by atoms with Crippen LogP contribution in [0.5, 0.6) is 0 Å². The molecule has 142 valence electrons. The zero-order valence-corrected chi connectivity index (χ0v) is 15.2. The fourth-order valence-electron chi connectivity index (χ4n) is 4.90. The number of imide groups is 1. The number of benzene rings is 2. The zero-order chi connectivity index (χ0) is 19.3. The van der Waals surface area contributed by atoms with Crippen molar-refractivity contribution in [2.45, 2.75) is 12.5 Å². The number of nitrogens with zero attached hydrogens (tertiary/aromatic N) is 2. The van der Waals surface area contributed by atoms with Crippen molar-refractivity contribution in [2.75, 3.05) is 24.5 Å². The van der Waals surface area contributed by atoms with Gasteiger partial charge in [0.1, 0.15) is 17.1 Å². The molecule has 3 aliphatic rings. The largest absolute Gasteiger partial charge is 0.861 e. The van der Waals surface area contributed by atoms with Gasteiger partial charge in [-0.3, -0.25) is 15.0 Å². The predicted molar refractivity (Wildman–Crippen MR) is 101 cm³/mol. The van der Waals surface area contributed by atoms with Crippen LogP contribution in [0.15, 0.2) is 59.6 Å². The first-order chi connectivity index (χ1) is 13.6. The fraction of sp³-hybridized carbons (Fsp3) is 0.286. The van der Waals surface area contributed by atoms with E-state index in [1.54, 1.807) is 0 Å². The monoisotopic (exact) mass is 376 g/mol. The van der Waals surface area contributed by atoms with Crippen LogP contribution in [0.1, 0.15) is 5.56 Å². The molecule has 0 radical (unpaired) electrons. The summed E-state index contributed by atoms with van der Waals surface area (Å²) in [6.07, 6.45) is 0.265. The lowest BCUT2D eigenvalue weighted by molar-refractivity contribution is -0.870. The molecule has 1 fully saturated rings. The topological polar surface area (TPSA) is 89.3 Å². The van der Waals surface area contributed by atoms with E-state index < -0.39 is 23.3 Å². The molecule has 3 heterocycles. The Morgan fingerprint density at radius 2 is 1.86 bits per heavy atom. The first-order valence-electron chi connectivity index (χ1n) is 9.45. The molecule has 0 aromatic heterocycles. The Bertz CT molecular complexity index is 990. The Kier molecular flexibility index (Phi) is 3.73. The summed E-state index contributed by atoms with van der Waals surface area (Å²) in [4.78, 5) is 31.7. The van der Waals surface area contributed by atoms with Gasteiger partial charge in [-0.2, -0.15) is 0 Å². The van der Waals surface area contributed by atoms with Crippen LogP contribution in [0.25, 0.3) is 0 Å². The van der Waals surface area contributed by atoms with Crippen LogP contribution < -0.4 is 20.2 Å². The summed E-state index contributed by atoms with van der Waals surface area (Å²) in [5.74, 6) is -1.14. The molecule has 3 unspecified atom stereocenters. The average molecular weight is 376 g/mol. The second kappa shape index (κ2) is 6.17. The highest BCUT2D eigenvalue weighted by Gasteiger charge is 2.59. The van der Waals surface area contributed by atoms with Gasteiger partial charge >= 0.3 is 6.03 Å². The molecule has 3 atom stereocenters. The molecule has 7 heteroatoms. The highest BCUT2D eigenvalue weighted by molar-refractivity contribution is 6.16. The smallest absolute Gasteiger partial charge is 0.346 e. The molecule has 1 saturated heterocycles. The van der Waals surface area contributed by atoms with Crippen LogP contribution in [-0.4, -0.2) is 43.5 Å². The minimum Gasteiger partial charge on any atom is -0.861 e. The van der Waals surface area contributed by atoms with Gasteiger partial charge in [0.25, 0.3) is 0 Å². The molecular weight excluding hydrogens is 356 g/mol. The summed E-state index contributed by atoms with van der Waals surface area (Å²) >= 11 is 0. The number of quaternary nitrogens is 1. The number of nitrogens with one attached hydrogen (secondary N) is 2. The standard InChI is InChI=1S/C21H20N4O3/c26-18-21(19(27)23-20(28)22-18)12-14-6-4-5-9-16(14)25-11-10-24(13-17(21)25)15-7-2-1-3-8-15/h1-9,17H,10-13H2,(H2,22,23,26,27,28). The molecule has 0 aliphatic carbocycles. The number of fused-ring (bicyclic) bond motifs is 4. The van der Waals surface area contributed by atoms with Crippen molar-refractivity contribution < 1.29 is 19.6 Å². The van der Waals surface area contributed by atoms with Crippen LogP contribution in [0.2, 0.25) is 0 Å². The molecule has 5 rings (SSSR count). The maximum atomic E-state index is 13.1. The number of carbonyl (C=O) groups is 2. The molecule has 1 spiro atoms. The van der Waals surface area contributed by atoms with Crippen LogP contribution in [0.3, 0.4) is 0 Å². The number of piperazine rings is 1. The second-order valence-electron chi connectivity index (χ2n) is 7.59. The number of para-hydroxylation sites is 2. The summed E-state index contributed by atoms with van der Waals surface area (Å²) in [5, 5.41) is 15.3. The van der Waals surface area contributed by atoms with E-state index >= 15 is 0 Å². The molecule has 0 bridgehead atoms. The minimum absolute atomic E-state index is 0.265. The van der Waals surface area contributed by atoms with Crippen molar-refractivity contribution >= 4 is 29.2 Å². The Morgan fingerprint density at radius 1 is 1.11 bits per heavy atom. The van der Waals surface area contributed by atoms with Gasteiger partial charge in [0, 0.05) is 17.7 Å². The quantitative estimate of drug-likeness (QED) is 0.712. The third-order valence-corrected chi connectivity index (χ3v) is 6.23. The summed E-state index contributed by atoms with van der Waals surface area (Å²) < 4.78 is 0. The van der Waals surface area contributed by atoms with Gasteiger partial charge in [-0.15, -0.1) is 0 Å². The summed E-state index contributed by atoms with van der Waals surface area (Å²) in [5.41, 5.74) is 1.80. The van der Waals surface area contributed by atoms with Crippen LogP contribution >= 0.6 is 0 Å². The third kappa shape index (κ3) is 2.36. The lowest BCUT2D eigenvalue weighted by Gasteiger charge is -2.53. The lowest BCUT2D eigenvalue weighted by atomic mass is 9.68. The number of carbonyl (C=O) groups excluding carboxylic acids is 2. The lowest BCUT2D eigenvalue weighted by Crippen LogP contribution is -3.18. The Labute approximate surface area is 162 Å². The molecule has 3 aliphatic heterocycles. The van der Waals surface area contributed by atoms with Crippen molar-refractivity contribution in [1.29, 1.82) is 0 Å². The normalized spacial score (nSPS) is 29.0. The average Bonchev–Trinajstić information content (AvgIpc) is 2.72. The third-order valence-electron chi connectivity index (χ3n) is 6.23. The van der Waals surface area contributed by atoms with E-state index in [1.807, 2.05) is 48.5 Å². The van der Waals surface area contributed by atoms with Crippen molar-refractivity contribution in [3.05, 3.63) is 60.2 Å². The van der Waals surface area contributed by atoms with E-state index in [9.17, 15) is 14.7 Å². The highest BCUT2D eigenvalue weighted by Crippen LogP contribution is 2.37. The fourth-order valence-corrected chi connectivity index (χ4v) is 4.90. The summed E-state index contributed by atoms with van der Waals surface area (Å²) in [6.45, 7) is 2.11. The molecule has 7 nitrogen and oxygen atoms in total. The predicted octanol–water partition coefficient (Wildman–Crippen LogP) is -0.357. The van der Waals surface area contributed by atoms with Crippen molar-refractivity contribution in [3.63, 3.8) is 0 Å². The van der Waals surface area contributed by atoms with Gasteiger partial charge in [0.05, 0.1) is 19.6 Å². The first kappa shape index (κ1) is 16.9. The SMILES string of the molecule is O=C1N=C([O-])C2(Cc3ccccc3[NH+]3CCN(c4ccccc4)CC32)C(=O)N1.